The fraction of sp³-hybridized carbons (Fsp3) is 0.419. The smallest absolute Gasteiger partial charge is 0.388 e. The minimum atomic E-state index is -4.38. The first kappa shape index (κ1) is 25.0. The molecule has 2 aliphatic carbocycles. The second-order valence-electron chi connectivity index (χ2n) is 11.3. The zero-order valence-corrected chi connectivity index (χ0v) is 20.8. The van der Waals surface area contributed by atoms with Crippen molar-refractivity contribution >= 4 is 0 Å². The van der Waals surface area contributed by atoms with Crippen LogP contribution >= 0.6 is 0 Å². The Bertz CT molecular complexity index is 1230. The van der Waals surface area contributed by atoms with Gasteiger partial charge < -0.3 is 5.11 Å². The van der Waals surface area contributed by atoms with Crippen molar-refractivity contribution in [2.24, 2.45) is 5.41 Å². The second kappa shape index (κ2) is 9.33. The van der Waals surface area contributed by atoms with Gasteiger partial charge in [-0.1, -0.05) is 57.0 Å². The van der Waals surface area contributed by atoms with Crippen LogP contribution in [0.1, 0.15) is 91.4 Å². The van der Waals surface area contributed by atoms with Crippen LogP contribution in [0.3, 0.4) is 0 Å². The molecule has 0 aliphatic heterocycles. The van der Waals surface area contributed by atoms with E-state index in [1.165, 1.54) is 17.7 Å². The van der Waals surface area contributed by atoms with Crippen LogP contribution in [0, 0.1) is 11.2 Å². The Morgan fingerprint density at radius 1 is 0.944 bits per heavy atom. The number of hydrogen-bond acceptors (Lipinski definition) is 1. The molecular weight excluding hydrogens is 464 g/mol. The zero-order chi connectivity index (χ0) is 25.7. The molecule has 0 bridgehead atoms. The molecular formula is C31H32F4O. The molecule has 0 saturated heterocycles. The molecule has 0 spiro atoms. The van der Waals surface area contributed by atoms with Gasteiger partial charge in [0.25, 0.3) is 0 Å². The summed E-state index contributed by atoms with van der Waals surface area (Å²) in [5.74, 6) is 0.0478. The minimum Gasteiger partial charge on any atom is -0.388 e. The monoisotopic (exact) mass is 496 g/mol. The quantitative estimate of drug-likeness (QED) is 0.358. The highest BCUT2D eigenvalue weighted by Gasteiger charge is 2.36. The van der Waals surface area contributed by atoms with Crippen molar-refractivity contribution in [3.05, 3.63) is 93.8 Å². The SMILES string of the molecule is CC1(C)Cc2cc(C3CCCC3)c(Cc3ccc(C(F)(F)F)cc3)c(-c3ccc(F)cc3)c2C(O)C1. The van der Waals surface area contributed by atoms with Crippen molar-refractivity contribution in [3.63, 3.8) is 0 Å². The summed E-state index contributed by atoms with van der Waals surface area (Å²) in [5.41, 5.74) is 6.15. The van der Waals surface area contributed by atoms with Gasteiger partial charge in [-0.25, -0.2) is 4.39 Å². The lowest BCUT2D eigenvalue weighted by Gasteiger charge is -2.38. The Kier molecular flexibility index (Phi) is 6.48. The third kappa shape index (κ3) is 4.95. The van der Waals surface area contributed by atoms with E-state index in [2.05, 4.69) is 19.9 Å². The van der Waals surface area contributed by atoms with Gasteiger partial charge in [0, 0.05) is 0 Å². The molecule has 1 fully saturated rings. The number of benzene rings is 3. The molecule has 1 N–H and O–H groups in total. The van der Waals surface area contributed by atoms with E-state index in [-0.39, 0.29) is 11.2 Å². The highest BCUT2D eigenvalue weighted by atomic mass is 19.4. The number of alkyl halides is 3. The van der Waals surface area contributed by atoms with Crippen molar-refractivity contribution in [1.29, 1.82) is 0 Å². The van der Waals surface area contributed by atoms with E-state index in [0.717, 1.165) is 77.6 Å². The van der Waals surface area contributed by atoms with Crippen LogP contribution in [0.2, 0.25) is 0 Å². The van der Waals surface area contributed by atoms with Crippen molar-refractivity contribution in [2.75, 3.05) is 0 Å². The molecule has 1 atom stereocenters. The van der Waals surface area contributed by atoms with Gasteiger partial charge in [0.2, 0.25) is 0 Å². The maximum atomic E-state index is 13.9. The molecule has 1 nitrogen and oxygen atoms in total. The largest absolute Gasteiger partial charge is 0.416 e. The molecule has 3 aromatic rings. The van der Waals surface area contributed by atoms with Crippen LogP contribution in [-0.4, -0.2) is 5.11 Å². The van der Waals surface area contributed by atoms with E-state index in [1.54, 1.807) is 24.3 Å². The van der Waals surface area contributed by atoms with Gasteiger partial charge in [0.1, 0.15) is 5.82 Å². The Balaban J connectivity index is 1.72. The first-order chi connectivity index (χ1) is 17.0. The average molecular weight is 497 g/mol. The van der Waals surface area contributed by atoms with Crippen LogP contribution in [0.15, 0.2) is 54.6 Å². The van der Waals surface area contributed by atoms with Gasteiger partial charge in [0.15, 0.2) is 0 Å². The van der Waals surface area contributed by atoms with E-state index in [1.807, 2.05) is 0 Å². The van der Waals surface area contributed by atoms with Gasteiger partial charge in [0.05, 0.1) is 11.7 Å². The Morgan fingerprint density at radius 3 is 2.19 bits per heavy atom. The van der Waals surface area contributed by atoms with Gasteiger partial charge >= 0.3 is 6.18 Å². The minimum absolute atomic E-state index is 0.0473. The van der Waals surface area contributed by atoms with Crippen LogP contribution < -0.4 is 0 Å². The molecule has 0 aromatic heterocycles. The second-order valence-corrected chi connectivity index (χ2v) is 11.3. The fourth-order valence-corrected chi connectivity index (χ4v) is 6.31. The molecule has 2 aliphatic rings. The lowest BCUT2D eigenvalue weighted by atomic mass is 9.68. The van der Waals surface area contributed by atoms with E-state index in [9.17, 15) is 22.7 Å². The Hall–Kier alpha value is -2.66. The number of fused-ring (bicyclic) bond motifs is 1. The van der Waals surface area contributed by atoms with Crippen LogP contribution in [0.5, 0.6) is 0 Å². The lowest BCUT2D eigenvalue weighted by molar-refractivity contribution is -0.137. The zero-order valence-electron chi connectivity index (χ0n) is 20.8. The number of hydrogen-bond donors (Lipinski definition) is 1. The maximum absolute atomic E-state index is 13.9. The number of aliphatic hydroxyl groups excluding tert-OH is 1. The van der Waals surface area contributed by atoms with Gasteiger partial charge in [-0.2, -0.15) is 13.2 Å². The van der Waals surface area contributed by atoms with Crippen LogP contribution in [-0.2, 0) is 19.0 Å². The third-order valence-electron chi connectivity index (χ3n) is 7.93. The van der Waals surface area contributed by atoms with Gasteiger partial charge in [-0.05, 0) is 107 Å². The van der Waals surface area contributed by atoms with E-state index in [0.29, 0.717) is 18.8 Å². The molecule has 1 unspecified atom stereocenters. The normalized spacial score (nSPS) is 19.9. The summed E-state index contributed by atoms with van der Waals surface area (Å²) in [5, 5.41) is 11.4. The Morgan fingerprint density at radius 2 is 1.58 bits per heavy atom. The predicted molar refractivity (Wildman–Crippen MR) is 134 cm³/mol. The van der Waals surface area contributed by atoms with Crippen molar-refractivity contribution in [1.82, 2.24) is 0 Å². The molecule has 0 heterocycles. The third-order valence-corrected chi connectivity index (χ3v) is 7.93. The van der Waals surface area contributed by atoms with Crippen molar-refractivity contribution in [2.45, 2.75) is 77.0 Å². The van der Waals surface area contributed by atoms with Gasteiger partial charge in [-0.15, -0.1) is 0 Å². The average Bonchev–Trinajstić information content (AvgIpc) is 3.33. The molecule has 190 valence electrons. The van der Waals surface area contributed by atoms with Gasteiger partial charge in [-0.3, -0.25) is 0 Å². The van der Waals surface area contributed by atoms with Crippen molar-refractivity contribution in [3.8, 4) is 11.1 Å². The topological polar surface area (TPSA) is 20.2 Å². The number of rotatable bonds is 4. The summed E-state index contributed by atoms with van der Waals surface area (Å²) in [6, 6.07) is 14.0. The van der Waals surface area contributed by atoms with E-state index < -0.39 is 17.8 Å². The standard InChI is InChI=1S/C31H32F4O/c1-30(2)17-22-16-25(20-5-3-4-6-20)26(15-19-7-11-23(12-8-19)31(33,34)35)28(29(22)27(36)18-30)21-9-13-24(32)14-10-21/h7-14,16,20,27,36H,3-6,15,17-18H2,1-2H3. The summed E-state index contributed by atoms with van der Waals surface area (Å²) < 4.78 is 53.4. The Labute approximate surface area is 210 Å². The highest BCUT2D eigenvalue weighted by Crippen LogP contribution is 2.49. The number of aliphatic hydroxyl groups is 1. The summed E-state index contributed by atoms with van der Waals surface area (Å²) in [6.45, 7) is 4.34. The first-order valence-corrected chi connectivity index (χ1v) is 12.8. The molecule has 36 heavy (non-hydrogen) atoms. The molecule has 5 rings (SSSR count). The predicted octanol–water partition coefficient (Wildman–Crippen LogP) is 8.77. The molecule has 5 heteroatoms. The summed E-state index contributed by atoms with van der Waals surface area (Å²) >= 11 is 0. The summed E-state index contributed by atoms with van der Waals surface area (Å²) in [4.78, 5) is 0. The summed E-state index contributed by atoms with van der Waals surface area (Å²) in [7, 11) is 0. The van der Waals surface area contributed by atoms with Crippen LogP contribution in [0.25, 0.3) is 11.1 Å². The summed E-state index contributed by atoms with van der Waals surface area (Å²) in [6.07, 6.45) is 1.34. The number of halogens is 4. The fourth-order valence-electron chi connectivity index (χ4n) is 6.31. The molecule has 1 saturated carbocycles. The van der Waals surface area contributed by atoms with Crippen molar-refractivity contribution < 1.29 is 22.7 Å². The first-order valence-electron chi connectivity index (χ1n) is 12.8. The van der Waals surface area contributed by atoms with E-state index in [4.69, 9.17) is 0 Å². The molecule has 0 radical (unpaired) electrons. The van der Waals surface area contributed by atoms with E-state index >= 15 is 0 Å². The molecule has 0 amide bonds. The highest BCUT2D eigenvalue weighted by molar-refractivity contribution is 5.76. The molecule has 3 aromatic carbocycles. The van der Waals surface area contributed by atoms with Crippen LogP contribution in [0.4, 0.5) is 17.6 Å². The maximum Gasteiger partial charge on any atom is 0.416 e. The lowest BCUT2D eigenvalue weighted by Crippen LogP contribution is -2.27.